The molecule has 8 nitrogen and oxygen atoms in total. The van der Waals surface area contributed by atoms with Crippen LogP contribution in [0.5, 0.6) is 5.75 Å². The Bertz CT molecular complexity index is 1370. The number of carbonyl (C=O) groups excluding carboxylic acids is 1. The lowest BCUT2D eigenvalue weighted by Gasteiger charge is -2.21. The van der Waals surface area contributed by atoms with Gasteiger partial charge in [-0.05, 0) is 29.8 Å². The van der Waals surface area contributed by atoms with Gasteiger partial charge in [0.05, 0.1) is 25.3 Å². The number of ether oxygens (including phenoxy) is 4. The van der Waals surface area contributed by atoms with E-state index < -0.39 is 35.9 Å². The van der Waals surface area contributed by atoms with Gasteiger partial charge in [-0.15, -0.1) is 11.6 Å². The number of hydrogen-bond acceptors (Lipinski definition) is 7. The largest absolute Gasteiger partial charge is 0.483 e. The minimum Gasteiger partial charge on any atom is -0.483 e. The first-order chi connectivity index (χ1) is 17.0. The third-order valence-electron chi connectivity index (χ3n) is 6.12. The number of benzene rings is 2. The van der Waals surface area contributed by atoms with E-state index in [1.807, 2.05) is 6.07 Å². The molecule has 2 aliphatic rings. The van der Waals surface area contributed by atoms with E-state index in [0.29, 0.717) is 16.5 Å². The van der Waals surface area contributed by atoms with Crippen LogP contribution in [0.2, 0.25) is 0 Å². The summed E-state index contributed by atoms with van der Waals surface area (Å²) in [6.07, 6.45) is -2.32. The van der Waals surface area contributed by atoms with Gasteiger partial charge in [-0.2, -0.15) is 5.26 Å². The van der Waals surface area contributed by atoms with Crippen LogP contribution in [0.1, 0.15) is 11.1 Å². The van der Waals surface area contributed by atoms with Crippen LogP contribution < -0.4 is 10.3 Å². The summed E-state index contributed by atoms with van der Waals surface area (Å²) in [4.78, 5) is 25.0. The summed E-state index contributed by atoms with van der Waals surface area (Å²) in [5, 5.41) is 10.5. The second-order valence-corrected chi connectivity index (χ2v) is 8.53. The highest BCUT2D eigenvalue weighted by molar-refractivity contribution is 6.26. The molecule has 0 N–H and O–H groups in total. The van der Waals surface area contributed by atoms with Gasteiger partial charge >= 0.3 is 5.97 Å². The summed E-state index contributed by atoms with van der Waals surface area (Å²) in [6, 6.07) is 14.9. The molecule has 2 aromatic carbocycles. The van der Waals surface area contributed by atoms with Crippen molar-refractivity contribution in [3.8, 4) is 11.8 Å². The highest BCUT2D eigenvalue weighted by atomic mass is 35.5. The van der Waals surface area contributed by atoms with E-state index in [0.717, 1.165) is 0 Å². The van der Waals surface area contributed by atoms with E-state index in [1.165, 1.54) is 16.7 Å². The third-order valence-corrected chi connectivity index (χ3v) is 6.33. The molecule has 0 radical (unpaired) electrons. The molecular formula is C25H20ClFN2O6. The molecule has 3 heterocycles. The van der Waals surface area contributed by atoms with Crippen molar-refractivity contribution >= 4 is 28.5 Å². The summed E-state index contributed by atoms with van der Waals surface area (Å²) < 4.78 is 37.9. The fourth-order valence-electron chi connectivity index (χ4n) is 4.51. The van der Waals surface area contributed by atoms with Crippen molar-refractivity contribution in [3.63, 3.8) is 0 Å². The predicted molar refractivity (Wildman–Crippen MR) is 123 cm³/mol. The molecule has 0 spiro atoms. The summed E-state index contributed by atoms with van der Waals surface area (Å²) >= 11 is 5.52. The van der Waals surface area contributed by atoms with Crippen LogP contribution in [0.25, 0.3) is 10.9 Å². The maximum absolute atomic E-state index is 13.4. The molecular weight excluding hydrogens is 479 g/mol. The molecule has 0 aliphatic carbocycles. The van der Waals surface area contributed by atoms with Crippen molar-refractivity contribution in [2.75, 3.05) is 19.1 Å². The minimum absolute atomic E-state index is 0.127. The lowest BCUT2D eigenvalue weighted by molar-refractivity contribution is -0.150. The molecule has 2 saturated heterocycles. The zero-order chi connectivity index (χ0) is 24.5. The molecule has 3 aromatic rings. The average molecular weight is 499 g/mol. The minimum atomic E-state index is -0.623. The number of nitrogens with zero attached hydrogens (tertiary/aromatic N) is 2. The topological polar surface area (TPSA) is 99.8 Å². The monoisotopic (exact) mass is 498 g/mol. The predicted octanol–water partition coefficient (Wildman–Crippen LogP) is 2.76. The fourth-order valence-corrected chi connectivity index (χ4v) is 4.57. The van der Waals surface area contributed by atoms with Crippen molar-refractivity contribution in [1.82, 2.24) is 4.57 Å². The van der Waals surface area contributed by atoms with Gasteiger partial charge in [0.25, 0.3) is 5.56 Å². The van der Waals surface area contributed by atoms with E-state index in [4.69, 9.17) is 30.5 Å². The van der Waals surface area contributed by atoms with Crippen LogP contribution in [0, 0.1) is 17.1 Å². The van der Waals surface area contributed by atoms with Gasteiger partial charge in [0.1, 0.15) is 30.0 Å². The van der Waals surface area contributed by atoms with Crippen molar-refractivity contribution in [2.24, 2.45) is 0 Å². The van der Waals surface area contributed by atoms with Gasteiger partial charge in [0.2, 0.25) is 0 Å². The van der Waals surface area contributed by atoms with Crippen molar-refractivity contribution < 1.29 is 28.1 Å². The molecule has 2 fully saturated rings. The number of aromatic nitrogens is 1. The van der Waals surface area contributed by atoms with Crippen molar-refractivity contribution in [2.45, 2.75) is 31.0 Å². The quantitative estimate of drug-likeness (QED) is 0.380. The van der Waals surface area contributed by atoms with E-state index in [2.05, 4.69) is 0 Å². The van der Waals surface area contributed by atoms with Crippen LogP contribution in [-0.4, -0.2) is 54.0 Å². The Morgan fingerprint density at radius 3 is 2.51 bits per heavy atom. The number of para-hydroxylation sites is 1. The van der Waals surface area contributed by atoms with Gasteiger partial charge in [0, 0.05) is 5.39 Å². The maximum atomic E-state index is 13.4. The Morgan fingerprint density at radius 1 is 1.11 bits per heavy atom. The zero-order valence-electron chi connectivity index (χ0n) is 18.4. The van der Waals surface area contributed by atoms with Crippen molar-refractivity contribution in [1.29, 1.82) is 5.26 Å². The third kappa shape index (κ3) is 4.36. The summed E-state index contributed by atoms with van der Waals surface area (Å²) in [7, 11) is 0. The molecule has 1 unspecified atom stereocenters. The van der Waals surface area contributed by atoms with E-state index in [1.54, 1.807) is 36.4 Å². The summed E-state index contributed by atoms with van der Waals surface area (Å²) in [5.41, 5.74) is 0.590. The number of hydrogen-bond donors (Lipinski definition) is 0. The average Bonchev–Trinajstić information content (AvgIpc) is 3.46. The van der Waals surface area contributed by atoms with Crippen LogP contribution in [0.4, 0.5) is 4.39 Å². The second kappa shape index (κ2) is 9.66. The number of rotatable bonds is 6. The molecule has 180 valence electrons. The highest BCUT2D eigenvalue weighted by Crippen LogP contribution is 2.35. The Labute approximate surface area is 204 Å². The number of carbonyl (C=O) groups is 1. The first-order valence-electron chi connectivity index (χ1n) is 11.0. The number of esters is 1. The Morgan fingerprint density at radius 2 is 1.80 bits per heavy atom. The maximum Gasteiger partial charge on any atom is 0.321 e. The first kappa shape index (κ1) is 23.3. The fraction of sp³-hybridized carbons (Fsp3) is 0.320. The number of nitriles is 1. The van der Waals surface area contributed by atoms with Crippen LogP contribution in [0.15, 0.2) is 53.3 Å². The number of fused-ring (bicyclic) bond motifs is 2. The van der Waals surface area contributed by atoms with E-state index >= 15 is 0 Å². The van der Waals surface area contributed by atoms with Crippen LogP contribution >= 0.6 is 11.6 Å². The van der Waals surface area contributed by atoms with Gasteiger partial charge in [-0.1, -0.05) is 24.3 Å². The zero-order valence-corrected chi connectivity index (χ0v) is 19.1. The first-order valence-corrected chi connectivity index (χ1v) is 11.5. The Hall–Kier alpha value is -3.45. The summed E-state index contributed by atoms with van der Waals surface area (Å²) in [5.74, 6) is -1.09. The summed E-state index contributed by atoms with van der Waals surface area (Å²) in [6.45, 7) is 0.410. The van der Waals surface area contributed by atoms with Crippen molar-refractivity contribution in [3.05, 3.63) is 75.8 Å². The van der Waals surface area contributed by atoms with E-state index in [-0.39, 0.29) is 42.8 Å². The molecule has 0 saturated carbocycles. The molecule has 4 atom stereocenters. The van der Waals surface area contributed by atoms with Gasteiger partial charge in [-0.25, -0.2) is 4.39 Å². The van der Waals surface area contributed by atoms with Gasteiger partial charge in [-0.3, -0.25) is 9.59 Å². The Kier molecular flexibility index (Phi) is 6.43. The lowest BCUT2D eigenvalue weighted by atomic mass is 10.1. The SMILES string of the molecule is N#Cc1c(OC2CO[C@@H]3[C@@H](OC(=O)CCl)CO[C@H]23)c2ccccc2n(Cc2ccc(F)cc2)c1=O. The Balaban J connectivity index is 1.49. The number of alkyl halides is 1. The molecule has 10 heteroatoms. The number of halogens is 2. The lowest BCUT2D eigenvalue weighted by Crippen LogP contribution is -2.37. The highest BCUT2D eigenvalue weighted by Gasteiger charge is 2.51. The normalized spacial score (nSPS) is 23.1. The molecule has 1 aromatic heterocycles. The molecule has 2 aliphatic heterocycles. The van der Waals surface area contributed by atoms with Crippen LogP contribution in [0.3, 0.4) is 0 Å². The second-order valence-electron chi connectivity index (χ2n) is 8.26. The molecule has 0 amide bonds. The molecule has 35 heavy (non-hydrogen) atoms. The smallest absolute Gasteiger partial charge is 0.321 e. The standard InChI is InChI=1S/C25H20ClFN2O6/c26-9-21(30)34-19-12-32-24-20(13-33-23(19)24)35-22-16-3-1-2-4-18(16)29(25(31)17(22)10-28)11-14-5-7-15(27)8-6-14/h1-8,19-20,23-24H,9,11-13H2/t19-,20?,23+,24+/m0/s1. The van der Waals surface area contributed by atoms with E-state index in [9.17, 15) is 19.2 Å². The number of pyridine rings is 1. The molecule has 5 rings (SSSR count). The van der Waals surface area contributed by atoms with Gasteiger partial charge < -0.3 is 23.5 Å². The van der Waals surface area contributed by atoms with Gasteiger partial charge in [0.15, 0.2) is 23.5 Å². The van der Waals surface area contributed by atoms with Crippen LogP contribution in [-0.2, 0) is 25.5 Å². The molecule has 0 bridgehead atoms.